The highest BCUT2D eigenvalue weighted by Gasteiger charge is 2.29. The number of carbonyl (C=O) groups is 5. The number of carboxylic acid groups (broad SMARTS) is 1. The SMILES string of the molecule is NC(=O)CCC(N)C(=O)NC(Cc1c[nH]c2ccccc12)C(=O)NC(Cc1cnc[nH]1)C(=O)NCC(=O)O. The van der Waals surface area contributed by atoms with Gasteiger partial charge in [0.05, 0.1) is 12.4 Å². The molecule has 0 saturated heterocycles. The largest absolute Gasteiger partial charge is 0.480 e. The number of carboxylic acids is 1. The van der Waals surface area contributed by atoms with Crippen molar-refractivity contribution in [2.75, 3.05) is 6.54 Å². The van der Waals surface area contributed by atoms with Crippen molar-refractivity contribution in [3.8, 4) is 0 Å². The lowest BCUT2D eigenvalue weighted by molar-refractivity contribution is -0.138. The van der Waals surface area contributed by atoms with Gasteiger partial charge >= 0.3 is 5.97 Å². The number of nitrogens with two attached hydrogens (primary N) is 2. The fraction of sp³-hybridized carbons (Fsp3) is 0.333. The van der Waals surface area contributed by atoms with Crippen LogP contribution < -0.4 is 27.4 Å². The van der Waals surface area contributed by atoms with E-state index >= 15 is 0 Å². The highest BCUT2D eigenvalue weighted by molar-refractivity contribution is 5.94. The molecule has 1 aromatic carbocycles. The topological polar surface area (TPSA) is 238 Å². The number of hydrogen-bond acceptors (Lipinski definition) is 7. The molecule has 0 bridgehead atoms. The highest BCUT2D eigenvalue weighted by Crippen LogP contribution is 2.19. The Kier molecular flexibility index (Phi) is 9.54. The number of carbonyl (C=O) groups excluding carboxylic acids is 4. The van der Waals surface area contributed by atoms with Crippen LogP contribution >= 0.6 is 0 Å². The molecule has 2 heterocycles. The third-order valence-corrected chi connectivity index (χ3v) is 5.80. The van der Waals surface area contributed by atoms with E-state index in [1.165, 1.54) is 12.5 Å². The zero-order chi connectivity index (χ0) is 27.7. The molecule has 3 aromatic rings. The van der Waals surface area contributed by atoms with Gasteiger partial charge in [-0.3, -0.25) is 24.0 Å². The highest BCUT2D eigenvalue weighted by atomic mass is 16.4. The molecule has 38 heavy (non-hydrogen) atoms. The molecule has 0 aliphatic rings. The molecule has 3 atom stereocenters. The molecule has 3 unspecified atom stereocenters. The molecule has 0 spiro atoms. The first-order valence-corrected chi connectivity index (χ1v) is 11.8. The van der Waals surface area contributed by atoms with Gasteiger partial charge in [0.2, 0.25) is 23.6 Å². The number of H-pyrrole nitrogens is 2. The number of imidazole rings is 1. The van der Waals surface area contributed by atoms with E-state index in [-0.39, 0.29) is 25.7 Å². The van der Waals surface area contributed by atoms with Crippen molar-refractivity contribution in [3.05, 3.63) is 54.2 Å². The lowest BCUT2D eigenvalue weighted by atomic mass is 10.0. The number of amides is 4. The minimum atomic E-state index is -1.25. The standard InChI is InChI=1S/C24H30N8O6/c25-16(5-6-20(26)33)22(36)31-18(7-13-9-28-17-4-2-1-3-15(13)17)24(38)32-19(8-14-10-27-12-30-14)23(37)29-11-21(34)35/h1-4,9-10,12,16,18-19,28H,5-8,11,25H2,(H2,26,33)(H,27,30)(H,29,37)(H,31,36)(H,32,38)(H,34,35). The number of aliphatic carboxylic acids is 1. The normalized spacial score (nSPS) is 13.3. The Morgan fingerprint density at radius 1 is 0.974 bits per heavy atom. The van der Waals surface area contributed by atoms with E-state index in [0.29, 0.717) is 5.69 Å². The number of nitrogens with one attached hydrogen (secondary N) is 5. The summed E-state index contributed by atoms with van der Waals surface area (Å²) in [5.41, 5.74) is 13.1. The molecule has 0 aliphatic carbocycles. The summed E-state index contributed by atoms with van der Waals surface area (Å²) in [4.78, 5) is 70.8. The van der Waals surface area contributed by atoms with Gasteiger partial charge in [-0.25, -0.2) is 4.98 Å². The number of primary amides is 1. The van der Waals surface area contributed by atoms with E-state index in [9.17, 15) is 24.0 Å². The minimum Gasteiger partial charge on any atom is -0.480 e. The third-order valence-electron chi connectivity index (χ3n) is 5.80. The Morgan fingerprint density at radius 2 is 1.68 bits per heavy atom. The molecule has 0 radical (unpaired) electrons. The lowest BCUT2D eigenvalue weighted by Gasteiger charge is -2.24. The summed E-state index contributed by atoms with van der Waals surface area (Å²) in [6, 6.07) is 3.98. The van der Waals surface area contributed by atoms with Crippen LogP contribution in [0, 0.1) is 0 Å². The van der Waals surface area contributed by atoms with Crippen molar-refractivity contribution in [2.24, 2.45) is 11.5 Å². The number of hydrogen-bond donors (Lipinski definition) is 8. The minimum absolute atomic E-state index is 0.0108. The number of rotatable bonds is 14. The van der Waals surface area contributed by atoms with Crippen LogP contribution in [0.2, 0.25) is 0 Å². The molecule has 0 saturated carbocycles. The summed E-state index contributed by atoms with van der Waals surface area (Å²) in [6.45, 7) is -0.640. The Morgan fingerprint density at radius 3 is 2.37 bits per heavy atom. The van der Waals surface area contributed by atoms with Gasteiger partial charge in [0.15, 0.2) is 0 Å². The van der Waals surface area contributed by atoms with Crippen LogP contribution in [0.1, 0.15) is 24.1 Å². The zero-order valence-electron chi connectivity index (χ0n) is 20.4. The molecular weight excluding hydrogens is 496 g/mol. The quantitative estimate of drug-likeness (QED) is 0.122. The van der Waals surface area contributed by atoms with E-state index in [4.69, 9.17) is 16.6 Å². The smallest absolute Gasteiger partial charge is 0.322 e. The zero-order valence-corrected chi connectivity index (χ0v) is 20.4. The Balaban J connectivity index is 1.82. The Bertz CT molecular complexity index is 1290. The van der Waals surface area contributed by atoms with E-state index in [1.54, 1.807) is 6.20 Å². The number of aromatic nitrogens is 3. The summed E-state index contributed by atoms with van der Waals surface area (Å²) in [5.74, 6) is -3.96. The average Bonchev–Trinajstić information content (AvgIpc) is 3.55. The molecular formula is C24H30N8O6. The second kappa shape index (κ2) is 13.0. The lowest BCUT2D eigenvalue weighted by Crippen LogP contribution is -2.57. The molecule has 14 nitrogen and oxygen atoms in total. The maximum Gasteiger partial charge on any atom is 0.322 e. The summed E-state index contributed by atoms with van der Waals surface area (Å²) in [7, 11) is 0. The fourth-order valence-corrected chi connectivity index (χ4v) is 3.82. The maximum absolute atomic E-state index is 13.4. The Hall–Kier alpha value is -4.72. The van der Waals surface area contributed by atoms with Crippen LogP contribution in [-0.2, 0) is 36.8 Å². The second-order valence-electron chi connectivity index (χ2n) is 8.69. The van der Waals surface area contributed by atoms with Crippen LogP contribution in [0.3, 0.4) is 0 Å². The van der Waals surface area contributed by atoms with Crippen LogP contribution in [0.5, 0.6) is 0 Å². The molecule has 10 N–H and O–H groups in total. The third kappa shape index (κ3) is 7.89. The molecule has 2 aromatic heterocycles. The van der Waals surface area contributed by atoms with Crippen molar-refractivity contribution >= 4 is 40.5 Å². The molecule has 0 fully saturated rings. The number of benzene rings is 1. The van der Waals surface area contributed by atoms with Crippen molar-refractivity contribution in [1.29, 1.82) is 0 Å². The van der Waals surface area contributed by atoms with E-state index in [0.717, 1.165) is 16.5 Å². The summed E-state index contributed by atoms with van der Waals surface area (Å²) in [5, 5.41) is 17.2. The van der Waals surface area contributed by atoms with Gasteiger partial charge in [0.25, 0.3) is 0 Å². The number of fused-ring (bicyclic) bond motifs is 1. The summed E-state index contributed by atoms with van der Waals surface area (Å²) in [6.07, 6.45) is 4.50. The first-order chi connectivity index (χ1) is 18.1. The van der Waals surface area contributed by atoms with E-state index in [2.05, 4.69) is 30.9 Å². The first kappa shape index (κ1) is 27.9. The second-order valence-corrected chi connectivity index (χ2v) is 8.69. The predicted molar refractivity (Wildman–Crippen MR) is 135 cm³/mol. The summed E-state index contributed by atoms with van der Waals surface area (Å²) < 4.78 is 0. The van der Waals surface area contributed by atoms with Crippen LogP contribution in [-0.4, -0.2) is 74.3 Å². The van der Waals surface area contributed by atoms with Crippen molar-refractivity contribution in [2.45, 2.75) is 43.8 Å². The number of nitrogens with zero attached hydrogens (tertiary/aromatic N) is 1. The monoisotopic (exact) mass is 526 g/mol. The number of aromatic amines is 2. The van der Waals surface area contributed by atoms with Gasteiger partial charge in [-0.15, -0.1) is 0 Å². The van der Waals surface area contributed by atoms with Crippen molar-refractivity contribution in [3.63, 3.8) is 0 Å². The fourth-order valence-electron chi connectivity index (χ4n) is 3.82. The predicted octanol–water partition coefficient (Wildman–Crippen LogP) is -1.56. The molecule has 3 rings (SSSR count). The Labute approximate surface area is 216 Å². The number of para-hydroxylation sites is 1. The van der Waals surface area contributed by atoms with Gasteiger partial charge in [-0.2, -0.15) is 0 Å². The van der Waals surface area contributed by atoms with E-state index < -0.39 is 54.3 Å². The first-order valence-electron chi connectivity index (χ1n) is 11.8. The van der Waals surface area contributed by atoms with Crippen LogP contribution in [0.15, 0.2) is 43.0 Å². The van der Waals surface area contributed by atoms with Gasteiger partial charge in [0, 0.05) is 48.3 Å². The molecule has 202 valence electrons. The van der Waals surface area contributed by atoms with Gasteiger partial charge in [-0.1, -0.05) is 18.2 Å². The van der Waals surface area contributed by atoms with Crippen molar-refractivity contribution < 1.29 is 29.1 Å². The van der Waals surface area contributed by atoms with Crippen molar-refractivity contribution in [1.82, 2.24) is 30.9 Å². The van der Waals surface area contributed by atoms with Gasteiger partial charge in [0.1, 0.15) is 18.6 Å². The summed E-state index contributed by atoms with van der Waals surface area (Å²) >= 11 is 0. The maximum atomic E-state index is 13.4. The van der Waals surface area contributed by atoms with E-state index in [1.807, 2.05) is 24.3 Å². The molecule has 0 aliphatic heterocycles. The van der Waals surface area contributed by atoms with Gasteiger partial charge < -0.3 is 42.5 Å². The average molecular weight is 527 g/mol. The van der Waals surface area contributed by atoms with Crippen LogP contribution in [0.25, 0.3) is 10.9 Å². The van der Waals surface area contributed by atoms with Gasteiger partial charge in [-0.05, 0) is 18.1 Å². The van der Waals surface area contributed by atoms with Crippen LogP contribution in [0.4, 0.5) is 0 Å². The molecule has 14 heteroatoms. The molecule has 4 amide bonds.